The van der Waals surface area contributed by atoms with E-state index in [0.717, 1.165) is 44.8 Å². The maximum absolute atomic E-state index is 12.9. The Morgan fingerprint density at radius 2 is 1.81 bits per heavy atom. The number of anilines is 1. The highest BCUT2D eigenvalue weighted by Gasteiger charge is 2.23. The third kappa shape index (κ3) is 4.40. The van der Waals surface area contributed by atoms with E-state index in [1.165, 1.54) is 12.1 Å². The minimum atomic E-state index is -0.200. The van der Waals surface area contributed by atoms with E-state index in [2.05, 4.69) is 15.1 Å². The Morgan fingerprint density at radius 1 is 1.19 bits per heavy atom. The number of nitrogens with zero attached hydrogens (tertiary/aromatic N) is 2. The van der Waals surface area contributed by atoms with Crippen molar-refractivity contribution in [2.75, 3.05) is 51.3 Å². The lowest BCUT2D eigenvalue weighted by Gasteiger charge is -2.38. The van der Waals surface area contributed by atoms with Crippen molar-refractivity contribution in [2.45, 2.75) is 18.9 Å². The molecule has 2 rings (SSSR count). The predicted octanol–water partition coefficient (Wildman–Crippen LogP) is 1.31. The number of piperazine rings is 1. The number of benzene rings is 1. The van der Waals surface area contributed by atoms with Crippen LogP contribution in [0.4, 0.5) is 10.1 Å². The molecule has 1 aliphatic rings. The van der Waals surface area contributed by atoms with E-state index in [0.29, 0.717) is 0 Å². The number of rotatable bonds is 6. The minimum Gasteiger partial charge on any atom is -0.394 e. The van der Waals surface area contributed by atoms with Gasteiger partial charge in [0.25, 0.3) is 0 Å². The summed E-state index contributed by atoms with van der Waals surface area (Å²) in [7, 11) is 1.89. The molecular weight excluding hydrogens is 269 g/mol. The number of halogens is 1. The van der Waals surface area contributed by atoms with Crippen molar-refractivity contribution in [2.24, 2.45) is 0 Å². The third-order valence-electron chi connectivity index (χ3n) is 4.50. The number of aliphatic hydroxyl groups is 1. The zero-order valence-electron chi connectivity index (χ0n) is 13.0. The van der Waals surface area contributed by atoms with E-state index >= 15 is 0 Å². The molecular formula is C16H26FN3O. The number of hydrogen-bond acceptors (Lipinski definition) is 4. The summed E-state index contributed by atoms with van der Waals surface area (Å²) in [4.78, 5) is 4.71. The van der Waals surface area contributed by atoms with Crippen molar-refractivity contribution in [3.8, 4) is 0 Å². The Balaban J connectivity index is 1.79. The molecule has 1 unspecified atom stereocenters. The fraction of sp³-hybridized carbons (Fsp3) is 0.625. The Bertz CT molecular complexity index is 426. The predicted molar refractivity (Wildman–Crippen MR) is 84.2 cm³/mol. The SMILES string of the molecule is CNC(C)(CO)CCN1CCN(c2ccc(F)cc2)CC1. The van der Waals surface area contributed by atoms with Gasteiger partial charge in [-0.25, -0.2) is 4.39 Å². The van der Waals surface area contributed by atoms with Crippen LogP contribution < -0.4 is 10.2 Å². The van der Waals surface area contributed by atoms with Crippen molar-refractivity contribution < 1.29 is 9.50 Å². The molecule has 1 heterocycles. The van der Waals surface area contributed by atoms with Gasteiger partial charge in [-0.05, 0) is 44.7 Å². The largest absolute Gasteiger partial charge is 0.394 e. The van der Waals surface area contributed by atoms with Gasteiger partial charge >= 0.3 is 0 Å². The van der Waals surface area contributed by atoms with Gasteiger partial charge in [-0.15, -0.1) is 0 Å². The van der Waals surface area contributed by atoms with Crippen LogP contribution in [0.25, 0.3) is 0 Å². The molecule has 1 saturated heterocycles. The van der Waals surface area contributed by atoms with Gasteiger partial charge in [-0.1, -0.05) is 0 Å². The van der Waals surface area contributed by atoms with E-state index in [9.17, 15) is 9.50 Å². The maximum atomic E-state index is 12.9. The number of hydrogen-bond donors (Lipinski definition) is 2. The van der Waals surface area contributed by atoms with E-state index in [-0.39, 0.29) is 18.0 Å². The van der Waals surface area contributed by atoms with Crippen molar-refractivity contribution in [3.05, 3.63) is 30.1 Å². The molecule has 0 aromatic heterocycles. The molecule has 5 heteroatoms. The molecule has 1 fully saturated rings. The molecule has 1 aliphatic heterocycles. The van der Waals surface area contributed by atoms with E-state index in [1.54, 1.807) is 0 Å². The lowest BCUT2D eigenvalue weighted by atomic mass is 9.99. The molecule has 1 aromatic carbocycles. The van der Waals surface area contributed by atoms with E-state index in [4.69, 9.17) is 0 Å². The molecule has 0 radical (unpaired) electrons. The first kappa shape index (κ1) is 16.2. The van der Waals surface area contributed by atoms with Crippen molar-refractivity contribution >= 4 is 5.69 Å². The second-order valence-electron chi connectivity index (χ2n) is 6.02. The van der Waals surface area contributed by atoms with Crippen LogP contribution in [-0.2, 0) is 0 Å². The highest BCUT2D eigenvalue weighted by atomic mass is 19.1. The van der Waals surface area contributed by atoms with Crippen LogP contribution in [0.3, 0.4) is 0 Å². The smallest absolute Gasteiger partial charge is 0.123 e. The van der Waals surface area contributed by atoms with Crippen LogP contribution in [0.2, 0.25) is 0 Å². The molecule has 118 valence electrons. The molecule has 0 bridgehead atoms. The second kappa shape index (κ2) is 7.20. The van der Waals surface area contributed by atoms with Crippen LogP contribution in [0, 0.1) is 5.82 Å². The van der Waals surface area contributed by atoms with Crippen molar-refractivity contribution in [1.29, 1.82) is 0 Å². The molecule has 21 heavy (non-hydrogen) atoms. The van der Waals surface area contributed by atoms with Crippen LogP contribution in [0.1, 0.15) is 13.3 Å². The molecule has 4 nitrogen and oxygen atoms in total. The van der Waals surface area contributed by atoms with Crippen LogP contribution >= 0.6 is 0 Å². The summed E-state index contributed by atoms with van der Waals surface area (Å²) >= 11 is 0. The first-order valence-electron chi connectivity index (χ1n) is 7.59. The second-order valence-corrected chi connectivity index (χ2v) is 6.02. The summed E-state index contributed by atoms with van der Waals surface area (Å²) in [5.74, 6) is -0.187. The number of aliphatic hydroxyl groups excluding tert-OH is 1. The van der Waals surface area contributed by atoms with Crippen LogP contribution in [0.5, 0.6) is 0 Å². The van der Waals surface area contributed by atoms with Crippen LogP contribution in [-0.4, -0.2) is 61.9 Å². The standard InChI is InChI=1S/C16H26FN3O/c1-16(13-21,18-2)7-8-19-9-11-20(12-10-19)15-5-3-14(17)4-6-15/h3-6,18,21H,7-13H2,1-2H3. The van der Waals surface area contributed by atoms with Crippen molar-refractivity contribution in [3.63, 3.8) is 0 Å². The van der Waals surface area contributed by atoms with Gasteiger partial charge in [0.1, 0.15) is 5.82 Å². The summed E-state index contributed by atoms with van der Waals surface area (Å²) in [6.45, 7) is 7.10. The van der Waals surface area contributed by atoms with Crippen molar-refractivity contribution in [1.82, 2.24) is 10.2 Å². The van der Waals surface area contributed by atoms with Gasteiger partial charge < -0.3 is 15.3 Å². The maximum Gasteiger partial charge on any atom is 0.123 e. The minimum absolute atomic E-state index is 0.152. The fourth-order valence-electron chi connectivity index (χ4n) is 2.57. The summed E-state index contributed by atoms with van der Waals surface area (Å²) in [6, 6.07) is 6.71. The Kier molecular flexibility index (Phi) is 5.56. The third-order valence-corrected chi connectivity index (χ3v) is 4.50. The monoisotopic (exact) mass is 295 g/mol. The van der Waals surface area contributed by atoms with Gasteiger partial charge in [0.2, 0.25) is 0 Å². The fourth-order valence-corrected chi connectivity index (χ4v) is 2.57. The lowest BCUT2D eigenvalue weighted by molar-refractivity contribution is 0.149. The summed E-state index contributed by atoms with van der Waals surface area (Å²) in [6.07, 6.45) is 0.927. The summed E-state index contributed by atoms with van der Waals surface area (Å²) in [5.41, 5.74) is 0.889. The molecule has 2 N–H and O–H groups in total. The molecule has 1 aromatic rings. The molecule has 0 saturated carbocycles. The normalized spacial score (nSPS) is 19.5. The summed E-state index contributed by atoms with van der Waals surface area (Å²) < 4.78 is 12.9. The Labute approximate surface area is 126 Å². The molecule has 0 aliphatic carbocycles. The highest BCUT2D eigenvalue weighted by Crippen LogP contribution is 2.17. The van der Waals surface area contributed by atoms with Gasteiger partial charge in [-0.3, -0.25) is 4.90 Å². The Hall–Kier alpha value is -1.17. The number of nitrogens with one attached hydrogen (secondary N) is 1. The summed E-state index contributed by atoms with van der Waals surface area (Å²) in [5, 5.41) is 12.6. The molecule has 0 amide bonds. The van der Waals surface area contributed by atoms with E-state index < -0.39 is 0 Å². The average molecular weight is 295 g/mol. The first-order chi connectivity index (χ1) is 10.1. The molecule has 0 spiro atoms. The average Bonchev–Trinajstić information content (AvgIpc) is 2.54. The zero-order valence-corrected chi connectivity index (χ0v) is 13.0. The first-order valence-corrected chi connectivity index (χ1v) is 7.59. The Morgan fingerprint density at radius 3 is 2.33 bits per heavy atom. The quantitative estimate of drug-likeness (QED) is 0.830. The zero-order chi connectivity index (χ0) is 15.3. The lowest BCUT2D eigenvalue weighted by Crippen LogP contribution is -2.50. The van der Waals surface area contributed by atoms with E-state index in [1.807, 2.05) is 26.1 Å². The topological polar surface area (TPSA) is 38.7 Å². The van der Waals surface area contributed by atoms with Gasteiger partial charge in [-0.2, -0.15) is 0 Å². The van der Waals surface area contributed by atoms with Gasteiger partial charge in [0.15, 0.2) is 0 Å². The van der Waals surface area contributed by atoms with Gasteiger partial charge in [0, 0.05) is 44.0 Å². The number of likely N-dealkylation sites (N-methyl/N-ethyl adjacent to an activating group) is 1. The van der Waals surface area contributed by atoms with Crippen LogP contribution in [0.15, 0.2) is 24.3 Å². The molecule has 1 atom stereocenters. The highest BCUT2D eigenvalue weighted by molar-refractivity contribution is 5.46. The van der Waals surface area contributed by atoms with Gasteiger partial charge in [0.05, 0.1) is 6.61 Å².